The first kappa shape index (κ1) is 20.0. The van der Waals surface area contributed by atoms with Crippen LogP contribution in [0, 0.1) is 5.82 Å². The Hall–Kier alpha value is -2.24. The van der Waals surface area contributed by atoms with Crippen molar-refractivity contribution in [2.24, 2.45) is 0 Å². The van der Waals surface area contributed by atoms with Crippen LogP contribution in [0.4, 0.5) is 4.39 Å². The van der Waals surface area contributed by atoms with Crippen LogP contribution < -0.4 is 5.32 Å². The molecular weight excluding hydrogens is 363 g/mol. The maximum atomic E-state index is 13.4. The van der Waals surface area contributed by atoms with E-state index >= 15 is 0 Å². The molecule has 3 aromatic rings. The molecule has 2 aromatic carbocycles. The molecule has 1 aliphatic rings. The summed E-state index contributed by atoms with van der Waals surface area (Å²) in [5, 5.41) is 3.81. The molecule has 4 rings (SSSR count). The first-order chi connectivity index (χ1) is 14.0. The average Bonchev–Trinajstić information content (AvgIpc) is 3.09. The number of nitrogens with one attached hydrogen (secondary N) is 1. The highest BCUT2D eigenvalue weighted by Crippen LogP contribution is 2.26. The topological polar surface area (TPSA) is 33.1 Å². The van der Waals surface area contributed by atoms with Gasteiger partial charge in [-0.15, -0.1) is 0 Å². The lowest BCUT2D eigenvalue weighted by Gasteiger charge is -2.34. The van der Waals surface area contributed by atoms with Gasteiger partial charge >= 0.3 is 0 Å². The number of imidazole rings is 1. The Morgan fingerprint density at radius 3 is 2.55 bits per heavy atom. The Bertz CT molecular complexity index is 956. The summed E-state index contributed by atoms with van der Waals surface area (Å²) < 4.78 is 15.8. The van der Waals surface area contributed by atoms with Crippen LogP contribution in [0.25, 0.3) is 11.0 Å². The molecule has 0 amide bonds. The molecule has 0 spiro atoms. The zero-order valence-electron chi connectivity index (χ0n) is 17.6. The van der Waals surface area contributed by atoms with Crippen molar-refractivity contribution in [3.8, 4) is 0 Å². The lowest BCUT2D eigenvalue weighted by Crippen LogP contribution is -2.43. The fourth-order valence-electron chi connectivity index (χ4n) is 4.49. The summed E-state index contributed by atoms with van der Waals surface area (Å²) in [6, 6.07) is 16.4. The SMILES string of the molecule is CC(C)n1c([C@H](C)NC2CCN(Cc3cccc(F)c3)CC2)nc2ccccc21. The largest absolute Gasteiger partial charge is 0.324 e. The summed E-state index contributed by atoms with van der Waals surface area (Å²) >= 11 is 0. The lowest BCUT2D eigenvalue weighted by atomic mass is 10.0. The van der Waals surface area contributed by atoms with E-state index in [1.165, 1.54) is 11.6 Å². The number of hydrogen-bond acceptors (Lipinski definition) is 3. The van der Waals surface area contributed by atoms with Crippen LogP contribution in [0.1, 0.15) is 57.1 Å². The highest BCUT2D eigenvalue weighted by molar-refractivity contribution is 5.76. The Morgan fingerprint density at radius 2 is 1.83 bits per heavy atom. The minimum absolute atomic E-state index is 0.152. The third-order valence-corrected chi connectivity index (χ3v) is 5.90. The molecule has 4 nitrogen and oxygen atoms in total. The predicted molar refractivity (Wildman–Crippen MR) is 116 cm³/mol. The van der Waals surface area contributed by atoms with Gasteiger partial charge in [-0.3, -0.25) is 4.90 Å². The number of halogens is 1. The summed E-state index contributed by atoms with van der Waals surface area (Å²) in [5.41, 5.74) is 3.32. The minimum atomic E-state index is -0.152. The van der Waals surface area contributed by atoms with E-state index in [2.05, 4.69) is 59.8 Å². The van der Waals surface area contributed by atoms with Gasteiger partial charge in [0.15, 0.2) is 0 Å². The molecule has 0 aliphatic carbocycles. The molecular formula is C24H31FN4. The van der Waals surface area contributed by atoms with Gasteiger partial charge in [0.25, 0.3) is 0 Å². The van der Waals surface area contributed by atoms with E-state index in [0.29, 0.717) is 12.1 Å². The first-order valence-electron chi connectivity index (χ1n) is 10.7. The average molecular weight is 395 g/mol. The molecule has 2 heterocycles. The fourth-order valence-corrected chi connectivity index (χ4v) is 4.49. The van der Waals surface area contributed by atoms with Crippen LogP contribution in [0.2, 0.25) is 0 Å². The summed E-state index contributed by atoms with van der Waals surface area (Å²) in [6.45, 7) is 9.54. The highest BCUT2D eigenvalue weighted by Gasteiger charge is 2.24. The van der Waals surface area contributed by atoms with Gasteiger partial charge in [-0.1, -0.05) is 24.3 Å². The standard InChI is InChI=1S/C24H31FN4/c1-17(2)29-23-10-5-4-9-22(23)27-24(29)18(3)26-21-11-13-28(14-12-21)16-19-7-6-8-20(25)15-19/h4-10,15,17-18,21,26H,11-14,16H2,1-3H3/t18-/m0/s1. The van der Waals surface area contributed by atoms with Crippen molar-refractivity contribution in [2.45, 2.75) is 58.3 Å². The number of benzene rings is 2. The third kappa shape index (κ3) is 4.51. The Labute approximate surface area is 172 Å². The van der Waals surface area contributed by atoms with Gasteiger partial charge in [0.05, 0.1) is 17.1 Å². The normalized spacial score (nSPS) is 17.3. The number of piperidine rings is 1. The van der Waals surface area contributed by atoms with Crippen molar-refractivity contribution in [3.63, 3.8) is 0 Å². The van der Waals surface area contributed by atoms with Gasteiger partial charge in [-0.2, -0.15) is 0 Å². The van der Waals surface area contributed by atoms with Crippen molar-refractivity contribution in [3.05, 3.63) is 65.7 Å². The molecule has 5 heteroatoms. The Balaban J connectivity index is 1.38. The molecule has 1 aromatic heterocycles. The van der Waals surface area contributed by atoms with E-state index < -0.39 is 0 Å². The van der Waals surface area contributed by atoms with Gasteiger partial charge in [0.2, 0.25) is 0 Å². The highest BCUT2D eigenvalue weighted by atomic mass is 19.1. The van der Waals surface area contributed by atoms with E-state index in [1.807, 2.05) is 6.07 Å². The van der Waals surface area contributed by atoms with Gasteiger partial charge in [-0.25, -0.2) is 9.37 Å². The van der Waals surface area contributed by atoms with Gasteiger partial charge in [0, 0.05) is 18.6 Å². The van der Waals surface area contributed by atoms with Crippen LogP contribution in [-0.2, 0) is 6.54 Å². The minimum Gasteiger partial charge on any atom is -0.324 e. The zero-order chi connectivity index (χ0) is 20.4. The zero-order valence-corrected chi connectivity index (χ0v) is 17.6. The fraction of sp³-hybridized carbons (Fsp3) is 0.458. The van der Waals surface area contributed by atoms with Crippen LogP contribution in [0.15, 0.2) is 48.5 Å². The van der Waals surface area contributed by atoms with E-state index in [9.17, 15) is 4.39 Å². The monoisotopic (exact) mass is 394 g/mol. The summed E-state index contributed by atoms with van der Waals surface area (Å²) in [6.07, 6.45) is 2.20. The molecule has 1 saturated heterocycles. The molecule has 0 bridgehead atoms. The van der Waals surface area contributed by atoms with Crippen LogP contribution in [0.3, 0.4) is 0 Å². The summed E-state index contributed by atoms with van der Waals surface area (Å²) in [5.74, 6) is 0.962. The van der Waals surface area contributed by atoms with Crippen molar-refractivity contribution in [1.82, 2.24) is 19.8 Å². The van der Waals surface area contributed by atoms with Crippen LogP contribution in [0.5, 0.6) is 0 Å². The van der Waals surface area contributed by atoms with Gasteiger partial charge < -0.3 is 9.88 Å². The predicted octanol–water partition coefficient (Wildman–Crippen LogP) is 5.07. The molecule has 1 fully saturated rings. The Morgan fingerprint density at radius 1 is 1.07 bits per heavy atom. The Kier molecular flexibility index (Phi) is 5.97. The smallest absolute Gasteiger partial charge is 0.127 e. The molecule has 1 atom stereocenters. The van der Waals surface area contributed by atoms with E-state index in [4.69, 9.17) is 4.98 Å². The summed E-state index contributed by atoms with van der Waals surface area (Å²) in [7, 11) is 0. The van der Waals surface area contributed by atoms with Crippen molar-refractivity contribution in [1.29, 1.82) is 0 Å². The maximum absolute atomic E-state index is 13.4. The van der Waals surface area contributed by atoms with Crippen LogP contribution >= 0.6 is 0 Å². The van der Waals surface area contributed by atoms with E-state index in [0.717, 1.165) is 49.4 Å². The van der Waals surface area contributed by atoms with Crippen LogP contribution in [-0.4, -0.2) is 33.6 Å². The molecule has 1 aliphatic heterocycles. The number of hydrogen-bond donors (Lipinski definition) is 1. The summed E-state index contributed by atoms with van der Waals surface area (Å²) in [4.78, 5) is 7.35. The second-order valence-corrected chi connectivity index (χ2v) is 8.49. The number of likely N-dealkylation sites (tertiary alicyclic amines) is 1. The third-order valence-electron chi connectivity index (χ3n) is 5.90. The molecule has 29 heavy (non-hydrogen) atoms. The van der Waals surface area contributed by atoms with Gasteiger partial charge in [-0.05, 0) is 76.5 Å². The second kappa shape index (κ2) is 8.64. The molecule has 1 N–H and O–H groups in total. The van der Waals surface area contributed by atoms with Crippen molar-refractivity contribution < 1.29 is 4.39 Å². The lowest BCUT2D eigenvalue weighted by molar-refractivity contribution is 0.184. The first-order valence-corrected chi connectivity index (χ1v) is 10.7. The number of nitrogens with zero attached hydrogens (tertiary/aromatic N) is 3. The van der Waals surface area contributed by atoms with Crippen molar-refractivity contribution >= 4 is 11.0 Å². The molecule has 0 radical (unpaired) electrons. The number of aromatic nitrogens is 2. The van der Waals surface area contributed by atoms with E-state index in [1.54, 1.807) is 12.1 Å². The number of para-hydroxylation sites is 2. The molecule has 0 unspecified atom stereocenters. The number of fused-ring (bicyclic) bond motifs is 1. The number of rotatable bonds is 6. The maximum Gasteiger partial charge on any atom is 0.127 e. The van der Waals surface area contributed by atoms with Crippen molar-refractivity contribution in [2.75, 3.05) is 13.1 Å². The molecule has 154 valence electrons. The quantitative estimate of drug-likeness (QED) is 0.633. The van der Waals surface area contributed by atoms with E-state index in [-0.39, 0.29) is 11.9 Å². The molecule has 0 saturated carbocycles. The van der Waals surface area contributed by atoms with Gasteiger partial charge in [0.1, 0.15) is 11.6 Å². The second-order valence-electron chi connectivity index (χ2n) is 8.49.